The summed E-state index contributed by atoms with van der Waals surface area (Å²) in [6.07, 6.45) is 7.36. The van der Waals surface area contributed by atoms with Crippen LogP contribution in [0.25, 0.3) is 10.9 Å². The minimum Gasteiger partial charge on any atom is -0.317 e. The molecule has 0 spiro atoms. The van der Waals surface area contributed by atoms with Crippen molar-refractivity contribution in [2.75, 3.05) is 5.32 Å². The van der Waals surface area contributed by atoms with Crippen molar-refractivity contribution in [2.24, 2.45) is 23.7 Å². The van der Waals surface area contributed by atoms with Crippen LogP contribution in [-0.2, 0) is 16.0 Å². The molecule has 5 atom stereocenters. The van der Waals surface area contributed by atoms with Crippen LogP contribution in [0, 0.1) is 23.7 Å². The van der Waals surface area contributed by atoms with Gasteiger partial charge in [-0.15, -0.1) is 0 Å². The zero-order chi connectivity index (χ0) is 23.9. The topological polar surface area (TPSA) is 91.4 Å². The Bertz CT molecular complexity index is 1310. The van der Waals surface area contributed by atoms with Gasteiger partial charge in [-0.3, -0.25) is 19.5 Å². The first kappa shape index (κ1) is 21.5. The van der Waals surface area contributed by atoms with E-state index in [4.69, 9.17) is 0 Å². The van der Waals surface area contributed by atoms with Gasteiger partial charge in [0, 0.05) is 23.7 Å². The molecule has 4 amide bonds. The number of pyridine rings is 1. The predicted molar refractivity (Wildman–Crippen MR) is 132 cm³/mol. The van der Waals surface area contributed by atoms with Crippen molar-refractivity contribution in [3.05, 3.63) is 84.6 Å². The molecule has 1 aliphatic heterocycles. The van der Waals surface area contributed by atoms with Crippen molar-refractivity contribution in [1.29, 1.82) is 0 Å². The van der Waals surface area contributed by atoms with Crippen LogP contribution in [0.4, 0.5) is 10.5 Å². The molecule has 0 unspecified atom stereocenters. The van der Waals surface area contributed by atoms with E-state index in [9.17, 15) is 14.4 Å². The summed E-state index contributed by atoms with van der Waals surface area (Å²) in [5.41, 5.74) is 2.38. The van der Waals surface area contributed by atoms with Gasteiger partial charge in [0.1, 0.15) is 6.17 Å². The summed E-state index contributed by atoms with van der Waals surface area (Å²) in [6, 6.07) is 18.4. The van der Waals surface area contributed by atoms with Crippen LogP contribution in [0.2, 0.25) is 0 Å². The Balaban J connectivity index is 1.26. The van der Waals surface area contributed by atoms with Gasteiger partial charge in [0.2, 0.25) is 11.8 Å². The number of nitrogens with zero attached hydrogens (tertiary/aromatic N) is 2. The summed E-state index contributed by atoms with van der Waals surface area (Å²) in [5, 5.41) is 6.69. The normalized spacial score (nSPS) is 25.5. The van der Waals surface area contributed by atoms with Crippen molar-refractivity contribution in [1.82, 2.24) is 15.2 Å². The lowest BCUT2D eigenvalue weighted by Gasteiger charge is -2.38. The van der Waals surface area contributed by atoms with Crippen molar-refractivity contribution >= 4 is 34.4 Å². The number of carbonyl (C=O) groups excluding carboxylic acids is 3. The van der Waals surface area contributed by atoms with Crippen LogP contribution in [0.15, 0.2) is 79.0 Å². The fourth-order valence-corrected chi connectivity index (χ4v) is 5.92. The molecule has 2 aromatic carbocycles. The Kier molecular flexibility index (Phi) is 5.32. The third kappa shape index (κ3) is 3.87. The largest absolute Gasteiger partial charge is 0.320 e. The van der Waals surface area contributed by atoms with E-state index in [1.165, 1.54) is 4.90 Å². The summed E-state index contributed by atoms with van der Waals surface area (Å²) >= 11 is 0. The van der Waals surface area contributed by atoms with Gasteiger partial charge in [-0.25, -0.2) is 4.79 Å². The maximum absolute atomic E-state index is 13.6. The van der Waals surface area contributed by atoms with Gasteiger partial charge >= 0.3 is 6.03 Å². The van der Waals surface area contributed by atoms with Crippen molar-refractivity contribution in [2.45, 2.75) is 25.4 Å². The SMILES string of the molecule is O=C(Nc1ccc2ncccc2c1)N[C@H](Cc1ccccc1)N1C(=O)[C@@H]2[C@H](C1=O)[C@H]1C=C[C@H]2CC1. The molecule has 2 fully saturated rings. The molecule has 3 aliphatic carbocycles. The van der Waals surface area contributed by atoms with Gasteiger partial charge in [0.25, 0.3) is 0 Å². The summed E-state index contributed by atoms with van der Waals surface area (Å²) < 4.78 is 0. The van der Waals surface area contributed by atoms with Crippen LogP contribution in [-0.4, -0.2) is 33.9 Å². The molecule has 2 heterocycles. The molecule has 1 saturated carbocycles. The van der Waals surface area contributed by atoms with Gasteiger partial charge in [-0.1, -0.05) is 48.6 Å². The van der Waals surface area contributed by atoms with Crippen molar-refractivity contribution < 1.29 is 14.4 Å². The summed E-state index contributed by atoms with van der Waals surface area (Å²) in [6.45, 7) is 0. The molecular weight excluding hydrogens is 440 g/mol. The van der Waals surface area contributed by atoms with E-state index in [0.29, 0.717) is 12.1 Å². The Morgan fingerprint density at radius 2 is 1.66 bits per heavy atom. The Labute approximate surface area is 203 Å². The number of aromatic nitrogens is 1. The second-order valence-electron chi connectivity index (χ2n) is 9.60. The third-order valence-corrected chi connectivity index (χ3v) is 7.54. The highest BCUT2D eigenvalue weighted by Gasteiger charge is 2.58. The highest BCUT2D eigenvalue weighted by atomic mass is 16.2. The van der Waals surface area contributed by atoms with Crippen molar-refractivity contribution in [3.63, 3.8) is 0 Å². The number of likely N-dealkylation sites (tertiary alicyclic amines) is 1. The van der Waals surface area contributed by atoms with Gasteiger partial charge in [-0.05, 0) is 54.5 Å². The molecule has 1 saturated heterocycles. The van der Waals surface area contributed by atoms with Gasteiger partial charge in [0.05, 0.1) is 17.4 Å². The summed E-state index contributed by atoms with van der Waals surface area (Å²) in [7, 11) is 0. The number of imide groups is 1. The van der Waals surface area contributed by atoms with Crippen LogP contribution in [0.5, 0.6) is 0 Å². The fourth-order valence-electron chi connectivity index (χ4n) is 5.92. The van der Waals surface area contributed by atoms with Gasteiger partial charge in [-0.2, -0.15) is 0 Å². The molecule has 0 radical (unpaired) electrons. The van der Waals surface area contributed by atoms with Crippen molar-refractivity contribution in [3.8, 4) is 0 Å². The third-order valence-electron chi connectivity index (χ3n) is 7.54. The van der Waals surface area contributed by atoms with E-state index < -0.39 is 12.2 Å². The number of allylic oxidation sites excluding steroid dienone is 2. The lowest BCUT2D eigenvalue weighted by atomic mass is 9.63. The van der Waals surface area contributed by atoms with E-state index in [1.807, 2.05) is 54.6 Å². The fraction of sp³-hybridized carbons (Fsp3) is 0.286. The summed E-state index contributed by atoms with van der Waals surface area (Å²) in [4.78, 5) is 45.8. The standard InChI is InChI=1S/C28H26N4O3/c33-26-24-18-8-9-19(11-10-18)25(24)27(34)32(26)23(15-17-5-2-1-3-6-17)31-28(35)30-21-12-13-22-20(16-21)7-4-14-29-22/h1-9,12-14,16,18-19,23-25H,10-11,15H2,(H2,30,31,35)/t18-,19-,23-,24-,25+/m0/s1. The molecular formula is C28H26N4O3. The number of carbonyl (C=O) groups is 3. The number of urea groups is 1. The quantitative estimate of drug-likeness (QED) is 0.437. The Morgan fingerprint density at radius 3 is 2.34 bits per heavy atom. The highest BCUT2D eigenvalue weighted by Crippen LogP contribution is 2.50. The molecule has 2 N–H and O–H groups in total. The molecule has 4 aliphatic rings. The van der Waals surface area contributed by atoms with Crippen LogP contribution in [0.1, 0.15) is 18.4 Å². The van der Waals surface area contributed by atoms with Gasteiger partial charge < -0.3 is 10.6 Å². The molecule has 7 heteroatoms. The lowest BCUT2D eigenvalue weighted by molar-refractivity contribution is -0.143. The average molecular weight is 467 g/mol. The Morgan fingerprint density at radius 1 is 0.943 bits per heavy atom. The number of benzene rings is 2. The van der Waals surface area contributed by atoms with Crippen LogP contribution in [0.3, 0.4) is 0 Å². The summed E-state index contributed by atoms with van der Waals surface area (Å²) in [5.74, 6) is -0.772. The number of hydrogen-bond acceptors (Lipinski definition) is 4. The van der Waals surface area contributed by atoms with E-state index in [2.05, 4.69) is 27.8 Å². The van der Waals surface area contributed by atoms with E-state index in [-0.39, 0.29) is 35.5 Å². The first-order valence-electron chi connectivity index (χ1n) is 12.1. The zero-order valence-electron chi connectivity index (χ0n) is 19.1. The molecule has 176 valence electrons. The van der Waals surface area contributed by atoms with Crippen LogP contribution < -0.4 is 10.6 Å². The minimum absolute atomic E-state index is 0.101. The molecule has 7 rings (SSSR count). The first-order valence-corrected chi connectivity index (χ1v) is 12.1. The number of hydrogen-bond donors (Lipinski definition) is 2. The number of nitrogens with one attached hydrogen (secondary N) is 2. The van der Waals surface area contributed by atoms with E-state index in [0.717, 1.165) is 29.3 Å². The minimum atomic E-state index is -0.774. The molecule has 1 aromatic heterocycles. The molecule has 2 bridgehead atoms. The molecule has 35 heavy (non-hydrogen) atoms. The second-order valence-corrected chi connectivity index (χ2v) is 9.60. The second kappa shape index (κ2) is 8.65. The molecule has 3 aromatic rings. The smallest absolute Gasteiger partial charge is 0.317 e. The van der Waals surface area contributed by atoms with E-state index in [1.54, 1.807) is 12.3 Å². The van der Waals surface area contributed by atoms with Gasteiger partial charge in [0.15, 0.2) is 0 Å². The zero-order valence-corrected chi connectivity index (χ0v) is 19.1. The van der Waals surface area contributed by atoms with Crippen LogP contribution >= 0.6 is 0 Å². The predicted octanol–water partition coefficient (Wildman–Crippen LogP) is 4.12. The maximum atomic E-state index is 13.6. The number of rotatable bonds is 5. The van der Waals surface area contributed by atoms with E-state index >= 15 is 0 Å². The molecule has 7 nitrogen and oxygen atoms in total. The monoisotopic (exact) mass is 466 g/mol. The maximum Gasteiger partial charge on any atom is 0.320 e. The number of fused-ring (bicyclic) bond motifs is 2. The average Bonchev–Trinajstić information content (AvgIpc) is 3.17. The number of amides is 4. The number of anilines is 1. The highest BCUT2D eigenvalue weighted by molar-refractivity contribution is 6.06. The first-order chi connectivity index (χ1) is 17.1. The Hall–Kier alpha value is -4.00. The lowest BCUT2D eigenvalue weighted by Crippen LogP contribution is -2.53.